The molecule has 2 aromatic carbocycles. The zero-order chi connectivity index (χ0) is 20.6. The van der Waals surface area contributed by atoms with Gasteiger partial charge in [-0.2, -0.15) is 0 Å². The van der Waals surface area contributed by atoms with E-state index in [1.54, 1.807) is 29.6 Å². The van der Waals surface area contributed by atoms with Crippen molar-refractivity contribution in [3.8, 4) is 0 Å². The van der Waals surface area contributed by atoms with Crippen molar-refractivity contribution >= 4 is 39.7 Å². The van der Waals surface area contributed by atoms with Crippen molar-refractivity contribution in [3.63, 3.8) is 0 Å². The van der Waals surface area contributed by atoms with Gasteiger partial charge >= 0.3 is 12.0 Å². The number of urea groups is 1. The molecule has 0 atom stereocenters. The first-order chi connectivity index (χ1) is 13.2. The fourth-order valence-electron chi connectivity index (χ4n) is 1.99. The van der Waals surface area contributed by atoms with Crippen molar-refractivity contribution in [1.82, 2.24) is 5.32 Å². The van der Waals surface area contributed by atoms with E-state index in [4.69, 9.17) is 10.5 Å². The van der Waals surface area contributed by atoms with E-state index in [1.807, 2.05) is 6.07 Å². The third kappa shape index (κ3) is 6.92. The zero-order valence-electron chi connectivity index (χ0n) is 14.5. The van der Waals surface area contributed by atoms with Crippen molar-refractivity contribution in [2.45, 2.75) is 0 Å². The van der Waals surface area contributed by atoms with Crippen LogP contribution in [0.2, 0.25) is 0 Å². The Morgan fingerprint density at radius 2 is 1.64 bits per heavy atom. The molecule has 28 heavy (non-hydrogen) atoms. The van der Waals surface area contributed by atoms with Crippen LogP contribution in [0, 0.1) is 0 Å². The summed E-state index contributed by atoms with van der Waals surface area (Å²) in [7, 11) is -3.74. The number of nitrogens with one attached hydrogen (secondary N) is 2. The lowest BCUT2D eigenvalue weighted by atomic mass is 10.2. The number of carbonyl (C=O) groups is 3. The molecule has 0 radical (unpaired) electrons. The molecule has 4 N–H and O–H groups in total. The second kappa shape index (κ2) is 9.33. The van der Waals surface area contributed by atoms with Crippen LogP contribution in [0.4, 0.5) is 10.5 Å². The van der Waals surface area contributed by atoms with E-state index >= 15 is 0 Å². The molecule has 0 unspecified atom stereocenters. The lowest BCUT2D eigenvalue weighted by Gasteiger charge is -2.07. The van der Waals surface area contributed by atoms with E-state index in [0.29, 0.717) is 0 Å². The average molecular weight is 403 g/mol. The molecule has 9 nitrogen and oxygen atoms in total. The number of anilines is 1. The molecule has 10 heteroatoms. The molecule has 0 heterocycles. The molecule has 0 saturated heterocycles. The molecule has 0 aromatic heterocycles. The monoisotopic (exact) mass is 403 g/mol. The number of nitrogens with two attached hydrogens (primary N) is 1. The number of rotatable bonds is 7. The summed E-state index contributed by atoms with van der Waals surface area (Å²) in [5.74, 6) is -1.69. The highest BCUT2D eigenvalue weighted by atomic mass is 32.2. The van der Waals surface area contributed by atoms with E-state index in [-0.39, 0.29) is 11.3 Å². The van der Waals surface area contributed by atoms with Gasteiger partial charge in [-0.05, 0) is 35.9 Å². The molecule has 0 aliphatic rings. The first-order valence-electron chi connectivity index (χ1n) is 7.87. The largest absolute Gasteiger partial charge is 0.452 e. The van der Waals surface area contributed by atoms with Gasteiger partial charge in [0.1, 0.15) is 0 Å². The van der Waals surface area contributed by atoms with E-state index in [0.717, 1.165) is 11.0 Å². The van der Waals surface area contributed by atoms with Gasteiger partial charge in [-0.15, -0.1) is 0 Å². The van der Waals surface area contributed by atoms with Gasteiger partial charge in [0.25, 0.3) is 15.9 Å². The van der Waals surface area contributed by atoms with Crippen LogP contribution in [0.25, 0.3) is 6.08 Å². The number of ether oxygens (including phenoxy) is 1. The normalized spacial score (nSPS) is 11.0. The van der Waals surface area contributed by atoms with Crippen LogP contribution >= 0.6 is 0 Å². The molecule has 0 aliphatic heterocycles. The fraction of sp³-hybridized carbons (Fsp3) is 0.0556. The lowest BCUT2D eigenvalue weighted by molar-refractivity contribution is -0.123. The quantitative estimate of drug-likeness (QED) is 0.597. The number of hydrogen-bond acceptors (Lipinski definition) is 6. The van der Waals surface area contributed by atoms with E-state index in [2.05, 4.69) is 4.72 Å². The standard InChI is InChI=1S/C18H17N3O6S/c19-18(24)20-16(22)12-27-17(23)14-6-8-15(9-7-14)21-28(25,26)11-10-13-4-2-1-3-5-13/h1-11,21H,12H2,(H3,19,20,22,24)/b11-10+. The number of carbonyl (C=O) groups excluding carboxylic acids is 3. The van der Waals surface area contributed by atoms with Crippen molar-refractivity contribution < 1.29 is 27.5 Å². The molecule has 0 bridgehead atoms. The number of benzene rings is 2. The summed E-state index contributed by atoms with van der Waals surface area (Å²) in [6.45, 7) is -0.680. The predicted octanol–water partition coefficient (Wildman–Crippen LogP) is 1.45. The van der Waals surface area contributed by atoms with Gasteiger partial charge in [0.15, 0.2) is 6.61 Å². The second-order valence-electron chi connectivity index (χ2n) is 5.43. The Morgan fingerprint density at radius 1 is 1.00 bits per heavy atom. The van der Waals surface area contributed by atoms with E-state index in [1.165, 1.54) is 30.3 Å². The summed E-state index contributed by atoms with van der Waals surface area (Å²) in [5.41, 5.74) is 5.82. The summed E-state index contributed by atoms with van der Waals surface area (Å²) < 4.78 is 31.2. The third-order valence-corrected chi connectivity index (χ3v) is 4.23. The minimum absolute atomic E-state index is 0.0923. The predicted molar refractivity (Wildman–Crippen MR) is 102 cm³/mol. The SMILES string of the molecule is NC(=O)NC(=O)COC(=O)c1ccc(NS(=O)(=O)/C=C/c2ccccc2)cc1. The highest BCUT2D eigenvalue weighted by Gasteiger charge is 2.12. The number of primary amides is 1. The summed E-state index contributed by atoms with van der Waals surface area (Å²) >= 11 is 0. The second-order valence-corrected chi connectivity index (χ2v) is 6.99. The van der Waals surface area contributed by atoms with Gasteiger partial charge in [0, 0.05) is 5.69 Å². The first-order valence-corrected chi connectivity index (χ1v) is 9.42. The topological polar surface area (TPSA) is 145 Å². The van der Waals surface area contributed by atoms with Gasteiger partial charge in [-0.3, -0.25) is 14.8 Å². The summed E-state index contributed by atoms with van der Waals surface area (Å²) in [6.07, 6.45) is 1.45. The highest BCUT2D eigenvalue weighted by molar-refractivity contribution is 7.95. The lowest BCUT2D eigenvalue weighted by Crippen LogP contribution is -2.37. The smallest absolute Gasteiger partial charge is 0.338 e. The molecule has 0 fully saturated rings. The summed E-state index contributed by atoms with van der Waals surface area (Å²) in [6, 6.07) is 13.2. The number of amides is 3. The minimum atomic E-state index is -3.74. The Bertz CT molecular complexity index is 986. The zero-order valence-corrected chi connectivity index (χ0v) is 15.3. The van der Waals surface area contributed by atoms with Gasteiger partial charge in [-0.1, -0.05) is 30.3 Å². The van der Waals surface area contributed by atoms with Crippen LogP contribution < -0.4 is 15.8 Å². The Balaban J connectivity index is 1.94. The highest BCUT2D eigenvalue weighted by Crippen LogP contribution is 2.13. The molecule has 3 amide bonds. The van der Waals surface area contributed by atoms with Gasteiger partial charge in [0.2, 0.25) is 0 Å². The molecule has 0 spiro atoms. The van der Waals surface area contributed by atoms with Crippen molar-refractivity contribution in [1.29, 1.82) is 0 Å². The fourth-order valence-corrected chi connectivity index (χ4v) is 2.86. The molecule has 2 rings (SSSR count). The number of sulfonamides is 1. The van der Waals surface area contributed by atoms with Crippen molar-refractivity contribution in [3.05, 3.63) is 71.1 Å². The Morgan fingerprint density at radius 3 is 2.25 bits per heavy atom. The maximum absolute atomic E-state index is 12.1. The third-order valence-electron chi connectivity index (χ3n) is 3.22. The van der Waals surface area contributed by atoms with Crippen LogP contribution in [-0.2, 0) is 19.6 Å². The molecule has 2 aromatic rings. The first kappa shape index (κ1) is 20.6. The summed E-state index contributed by atoms with van der Waals surface area (Å²) in [4.78, 5) is 33.5. The molecule has 146 valence electrons. The van der Waals surface area contributed by atoms with Gasteiger partial charge in [0.05, 0.1) is 11.0 Å². The van der Waals surface area contributed by atoms with Crippen LogP contribution in [0.15, 0.2) is 60.0 Å². The van der Waals surface area contributed by atoms with Gasteiger partial charge in [-0.25, -0.2) is 18.0 Å². The van der Waals surface area contributed by atoms with E-state index in [9.17, 15) is 22.8 Å². The molecular formula is C18H17N3O6S. The van der Waals surface area contributed by atoms with Crippen LogP contribution in [0.5, 0.6) is 0 Å². The van der Waals surface area contributed by atoms with Crippen LogP contribution in [0.3, 0.4) is 0 Å². The maximum atomic E-state index is 12.1. The molecule has 0 aliphatic carbocycles. The number of esters is 1. The van der Waals surface area contributed by atoms with E-state index < -0.39 is 34.5 Å². The Labute approximate surface area is 161 Å². The van der Waals surface area contributed by atoms with Crippen LogP contribution in [0.1, 0.15) is 15.9 Å². The average Bonchev–Trinajstić information content (AvgIpc) is 2.65. The molecule has 0 saturated carbocycles. The number of imide groups is 1. The van der Waals surface area contributed by atoms with Gasteiger partial charge < -0.3 is 10.5 Å². The summed E-state index contributed by atoms with van der Waals surface area (Å²) in [5, 5.41) is 2.78. The maximum Gasteiger partial charge on any atom is 0.338 e. The number of hydrogen-bond donors (Lipinski definition) is 3. The van der Waals surface area contributed by atoms with Crippen LogP contribution in [-0.4, -0.2) is 32.9 Å². The Hall–Kier alpha value is -3.66. The molecular weight excluding hydrogens is 386 g/mol. The van der Waals surface area contributed by atoms with Crippen molar-refractivity contribution in [2.75, 3.05) is 11.3 Å². The van der Waals surface area contributed by atoms with Crippen molar-refractivity contribution in [2.24, 2.45) is 5.73 Å². The Kier molecular flexibility index (Phi) is 6.88. The minimum Gasteiger partial charge on any atom is -0.452 e.